The van der Waals surface area contributed by atoms with Crippen molar-refractivity contribution < 1.29 is 18.7 Å². The van der Waals surface area contributed by atoms with E-state index in [2.05, 4.69) is 10.1 Å². The summed E-state index contributed by atoms with van der Waals surface area (Å²) in [5, 5.41) is 2.29. The molecule has 0 heterocycles. The molecule has 0 aromatic heterocycles. The molecule has 0 saturated heterocycles. The van der Waals surface area contributed by atoms with Crippen LogP contribution in [0.4, 0.5) is 4.39 Å². The second-order valence-electron chi connectivity index (χ2n) is 3.18. The summed E-state index contributed by atoms with van der Waals surface area (Å²) in [6, 6.07) is 4.44. The highest BCUT2D eigenvalue weighted by molar-refractivity contribution is 6.27. The highest BCUT2D eigenvalue weighted by Gasteiger charge is 2.25. The number of hydrogen-bond donors (Lipinski definition) is 1. The third kappa shape index (κ3) is 3.42. The lowest BCUT2D eigenvalue weighted by atomic mass is 10.1. The zero-order valence-electron chi connectivity index (χ0n) is 9.07. The van der Waals surface area contributed by atoms with Gasteiger partial charge in [0.25, 0.3) is 0 Å². The topological polar surface area (TPSA) is 55.4 Å². The van der Waals surface area contributed by atoms with E-state index < -0.39 is 23.7 Å². The van der Waals surface area contributed by atoms with E-state index in [1.165, 1.54) is 18.2 Å². The Morgan fingerprint density at radius 2 is 2.12 bits per heavy atom. The Morgan fingerprint density at radius 1 is 1.47 bits per heavy atom. The molecule has 1 aromatic rings. The average Bonchev–Trinajstić information content (AvgIpc) is 2.35. The largest absolute Gasteiger partial charge is 0.467 e. The third-order valence-electron chi connectivity index (χ3n) is 2.08. The van der Waals surface area contributed by atoms with Gasteiger partial charge in [0.05, 0.1) is 7.11 Å². The second kappa shape index (κ2) is 6.20. The van der Waals surface area contributed by atoms with Crippen LogP contribution in [0.5, 0.6) is 0 Å². The van der Waals surface area contributed by atoms with Crippen molar-refractivity contribution in [3.63, 3.8) is 0 Å². The Balaban J connectivity index is 3.02. The molecule has 1 rings (SSSR count). The maximum atomic E-state index is 13.5. The van der Waals surface area contributed by atoms with Crippen molar-refractivity contribution in [2.24, 2.45) is 0 Å². The van der Waals surface area contributed by atoms with E-state index in [-0.39, 0.29) is 11.4 Å². The van der Waals surface area contributed by atoms with Gasteiger partial charge in [-0.15, -0.1) is 11.6 Å². The van der Waals surface area contributed by atoms with Gasteiger partial charge in [0, 0.05) is 5.56 Å². The number of rotatable bonds is 4. The molecule has 0 bridgehead atoms. The van der Waals surface area contributed by atoms with Gasteiger partial charge in [-0.25, -0.2) is 9.18 Å². The molecule has 0 spiro atoms. The van der Waals surface area contributed by atoms with Crippen LogP contribution in [0.2, 0.25) is 0 Å². The quantitative estimate of drug-likeness (QED) is 0.657. The minimum Gasteiger partial charge on any atom is -0.467 e. The number of halogens is 2. The molecule has 1 aromatic carbocycles. The van der Waals surface area contributed by atoms with Gasteiger partial charge >= 0.3 is 5.97 Å². The highest BCUT2D eigenvalue weighted by Crippen LogP contribution is 2.18. The predicted octanol–water partition coefficient (Wildman–Crippen LogP) is 1.39. The van der Waals surface area contributed by atoms with Gasteiger partial charge in [-0.3, -0.25) is 4.79 Å². The van der Waals surface area contributed by atoms with Crippen LogP contribution in [0.3, 0.4) is 0 Å². The van der Waals surface area contributed by atoms with E-state index in [1.807, 2.05) is 0 Å². The van der Waals surface area contributed by atoms with E-state index in [4.69, 9.17) is 11.6 Å². The molecule has 0 radical (unpaired) electrons. The first-order chi connectivity index (χ1) is 8.10. The van der Waals surface area contributed by atoms with Crippen molar-refractivity contribution in [3.8, 4) is 0 Å². The maximum absolute atomic E-state index is 13.5. The molecule has 4 nitrogen and oxygen atoms in total. The summed E-state index contributed by atoms with van der Waals surface area (Å²) in [7, 11) is 1.16. The fraction of sp³-hybridized carbons (Fsp3) is 0.273. The predicted molar refractivity (Wildman–Crippen MR) is 60.0 cm³/mol. The number of nitrogens with one attached hydrogen (secondary N) is 1. The van der Waals surface area contributed by atoms with Gasteiger partial charge < -0.3 is 10.1 Å². The van der Waals surface area contributed by atoms with E-state index in [0.29, 0.717) is 0 Å². The first-order valence-electron chi connectivity index (χ1n) is 4.77. The molecular weight excluding hydrogens is 249 g/mol. The average molecular weight is 260 g/mol. The van der Waals surface area contributed by atoms with Crippen molar-refractivity contribution in [2.45, 2.75) is 6.04 Å². The van der Waals surface area contributed by atoms with Crippen LogP contribution in [-0.4, -0.2) is 24.9 Å². The minimum absolute atomic E-state index is 0.0396. The summed E-state index contributed by atoms with van der Waals surface area (Å²) in [5.74, 6) is -2.25. The molecule has 0 aliphatic rings. The molecule has 1 amide bonds. The van der Waals surface area contributed by atoms with Gasteiger partial charge in [-0.2, -0.15) is 0 Å². The fourth-order valence-corrected chi connectivity index (χ4v) is 1.37. The third-order valence-corrected chi connectivity index (χ3v) is 2.32. The second-order valence-corrected chi connectivity index (χ2v) is 3.45. The molecule has 0 saturated carbocycles. The lowest BCUT2D eigenvalue weighted by Gasteiger charge is -2.16. The molecule has 1 N–H and O–H groups in total. The molecular formula is C11H11ClFNO3. The highest BCUT2D eigenvalue weighted by atomic mass is 35.5. The van der Waals surface area contributed by atoms with Crippen molar-refractivity contribution in [1.82, 2.24) is 5.32 Å². The Kier molecular flexibility index (Phi) is 4.90. The van der Waals surface area contributed by atoms with E-state index in [1.54, 1.807) is 6.07 Å². The van der Waals surface area contributed by atoms with Crippen molar-refractivity contribution in [2.75, 3.05) is 13.0 Å². The van der Waals surface area contributed by atoms with Crippen LogP contribution in [0.15, 0.2) is 24.3 Å². The number of benzene rings is 1. The summed E-state index contributed by atoms with van der Waals surface area (Å²) in [6.07, 6.45) is 0. The van der Waals surface area contributed by atoms with Crippen molar-refractivity contribution in [3.05, 3.63) is 35.6 Å². The zero-order chi connectivity index (χ0) is 12.8. The number of carbonyl (C=O) groups excluding carboxylic acids is 2. The summed E-state index contributed by atoms with van der Waals surface area (Å²) in [6.45, 7) is 0. The first kappa shape index (κ1) is 13.4. The van der Waals surface area contributed by atoms with Crippen LogP contribution in [-0.2, 0) is 14.3 Å². The van der Waals surface area contributed by atoms with Crippen LogP contribution >= 0.6 is 11.6 Å². The van der Waals surface area contributed by atoms with Crippen LogP contribution < -0.4 is 5.32 Å². The zero-order valence-corrected chi connectivity index (χ0v) is 9.83. The molecule has 1 unspecified atom stereocenters. The summed E-state index contributed by atoms with van der Waals surface area (Å²) in [5.41, 5.74) is 0.0396. The van der Waals surface area contributed by atoms with Gasteiger partial charge in [-0.05, 0) is 6.07 Å². The van der Waals surface area contributed by atoms with E-state index in [9.17, 15) is 14.0 Å². The summed E-state index contributed by atoms with van der Waals surface area (Å²) in [4.78, 5) is 22.6. The first-order valence-corrected chi connectivity index (χ1v) is 5.31. The number of hydrogen-bond acceptors (Lipinski definition) is 3. The summed E-state index contributed by atoms with van der Waals surface area (Å²) < 4.78 is 18.0. The number of methoxy groups -OCH3 is 1. The van der Waals surface area contributed by atoms with Crippen LogP contribution in [0.1, 0.15) is 11.6 Å². The summed E-state index contributed by atoms with van der Waals surface area (Å²) >= 11 is 5.31. The van der Waals surface area contributed by atoms with Gasteiger partial charge in [0.15, 0.2) is 6.04 Å². The number of esters is 1. The van der Waals surface area contributed by atoms with E-state index >= 15 is 0 Å². The normalized spacial score (nSPS) is 11.7. The van der Waals surface area contributed by atoms with Crippen molar-refractivity contribution >= 4 is 23.5 Å². The SMILES string of the molecule is COC(=O)C(NC(=O)CCl)c1ccccc1F. The van der Waals surface area contributed by atoms with Crippen LogP contribution in [0.25, 0.3) is 0 Å². The smallest absolute Gasteiger partial charge is 0.333 e. The molecule has 1 atom stereocenters. The molecule has 6 heteroatoms. The molecule has 0 fully saturated rings. The van der Waals surface area contributed by atoms with Gasteiger partial charge in [0.2, 0.25) is 5.91 Å². The Bertz CT molecular complexity index is 425. The molecule has 92 valence electrons. The number of carbonyl (C=O) groups is 2. The number of alkyl halides is 1. The maximum Gasteiger partial charge on any atom is 0.333 e. The fourth-order valence-electron chi connectivity index (χ4n) is 1.29. The van der Waals surface area contributed by atoms with Crippen molar-refractivity contribution in [1.29, 1.82) is 0 Å². The molecule has 17 heavy (non-hydrogen) atoms. The number of ether oxygens (including phenoxy) is 1. The van der Waals surface area contributed by atoms with Gasteiger partial charge in [0.1, 0.15) is 11.7 Å². The number of amides is 1. The Morgan fingerprint density at radius 3 is 2.65 bits per heavy atom. The lowest BCUT2D eigenvalue weighted by Crippen LogP contribution is -2.35. The molecule has 0 aliphatic heterocycles. The Hall–Kier alpha value is -1.62. The minimum atomic E-state index is -1.19. The Labute approximate surface area is 103 Å². The standard InChI is InChI=1S/C11H11ClFNO3/c1-17-11(16)10(14-9(15)6-12)7-4-2-3-5-8(7)13/h2-5,10H,6H2,1H3,(H,14,15). The van der Waals surface area contributed by atoms with E-state index in [0.717, 1.165) is 7.11 Å². The monoisotopic (exact) mass is 259 g/mol. The van der Waals surface area contributed by atoms with Gasteiger partial charge in [-0.1, -0.05) is 18.2 Å². The van der Waals surface area contributed by atoms with Crippen LogP contribution in [0, 0.1) is 5.82 Å². The molecule has 0 aliphatic carbocycles. The lowest BCUT2D eigenvalue weighted by molar-refractivity contribution is -0.145.